The van der Waals surface area contributed by atoms with Crippen LogP contribution in [0.25, 0.3) is 0 Å². The zero-order chi connectivity index (χ0) is 13.0. The molecule has 18 heavy (non-hydrogen) atoms. The summed E-state index contributed by atoms with van der Waals surface area (Å²) in [5.74, 6) is -1.26. The minimum atomic E-state index is -1.23. The van der Waals surface area contributed by atoms with Crippen molar-refractivity contribution < 1.29 is 14.3 Å². The molecular formula is C14H18FNO2. The van der Waals surface area contributed by atoms with Gasteiger partial charge in [-0.3, -0.25) is 0 Å². The van der Waals surface area contributed by atoms with Crippen molar-refractivity contribution in [3.8, 4) is 0 Å². The fraction of sp³-hybridized carbons (Fsp3) is 0.500. The van der Waals surface area contributed by atoms with E-state index in [4.69, 9.17) is 5.11 Å². The van der Waals surface area contributed by atoms with Gasteiger partial charge in [-0.25, -0.2) is 9.18 Å². The lowest BCUT2D eigenvalue weighted by molar-refractivity contribution is 0.0692. The lowest BCUT2D eigenvalue weighted by atomic mass is 9.89. The number of rotatable bonds is 4. The van der Waals surface area contributed by atoms with Crippen molar-refractivity contribution in [2.45, 2.75) is 32.1 Å². The molecule has 2 N–H and O–H groups in total. The predicted octanol–water partition coefficient (Wildman–Crippen LogP) is 3.52. The van der Waals surface area contributed by atoms with E-state index in [9.17, 15) is 9.18 Å². The summed E-state index contributed by atoms with van der Waals surface area (Å²) >= 11 is 0. The number of carboxylic acids is 1. The van der Waals surface area contributed by atoms with Gasteiger partial charge in [-0.1, -0.05) is 19.3 Å². The number of hydrogen-bond donors (Lipinski definition) is 2. The Morgan fingerprint density at radius 2 is 2.06 bits per heavy atom. The van der Waals surface area contributed by atoms with Crippen molar-refractivity contribution in [3.63, 3.8) is 0 Å². The minimum absolute atomic E-state index is 0.279. The maximum atomic E-state index is 13.4. The number of carboxylic acid groups (broad SMARTS) is 1. The summed E-state index contributed by atoms with van der Waals surface area (Å²) < 4.78 is 13.4. The lowest BCUT2D eigenvalue weighted by Gasteiger charge is -2.22. The van der Waals surface area contributed by atoms with Crippen LogP contribution in [0.15, 0.2) is 18.2 Å². The summed E-state index contributed by atoms with van der Waals surface area (Å²) in [6, 6.07) is 4.18. The maximum Gasteiger partial charge on any atom is 0.338 e. The first-order valence-electron chi connectivity index (χ1n) is 6.43. The minimum Gasteiger partial charge on any atom is -0.478 e. The summed E-state index contributed by atoms with van der Waals surface area (Å²) in [6.07, 6.45) is 6.32. The highest BCUT2D eigenvalue weighted by molar-refractivity contribution is 5.88. The molecule has 0 unspecified atom stereocenters. The highest BCUT2D eigenvalue weighted by Gasteiger charge is 2.14. The highest BCUT2D eigenvalue weighted by Crippen LogP contribution is 2.24. The van der Waals surface area contributed by atoms with Crippen molar-refractivity contribution in [2.24, 2.45) is 5.92 Å². The molecule has 0 radical (unpaired) electrons. The van der Waals surface area contributed by atoms with Gasteiger partial charge in [0.05, 0.1) is 5.56 Å². The first kappa shape index (κ1) is 12.9. The SMILES string of the molecule is O=C(O)c1ccc(NCC2CCCCC2)cc1F. The Morgan fingerprint density at radius 3 is 2.67 bits per heavy atom. The molecule has 1 aliphatic carbocycles. The van der Waals surface area contributed by atoms with E-state index in [-0.39, 0.29) is 5.56 Å². The van der Waals surface area contributed by atoms with E-state index in [2.05, 4.69) is 5.32 Å². The van der Waals surface area contributed by atoms with Crippen molar-refractivity contribution in [1.29, 1.82) is 0 Å². The van der Waals surface area contributed by atoms with Crippen LogP contribution in [0.3, 0.4) is 0 Å². The molecule has 0 aromatic heterocycles. The molecule has 0 atom stereocenters. The molecule has 1 fully saturated rings. The van der Waals surface area contributed by atoms with Gasteiger partial charge < -0.3 is 10.4 Å². The van der Waals surface area contributed by atoms with Crippen molar-refractivity contribution in [1.82, 2.24) is 0 Å². The molecule has 1 saturated carbocycles. The molecule has 1 aromatic rings. The Bertz CT molecular complexity index is 428. The van der Waals surface area contributed by atoms with E-state index in [0.717, 1.165) is 6.54 Å². The number of halogens is 1. The van der Waals surface area contributed by atoms with E-state index in [1.165, 1.54) is 44.2 Å². The standard InChI is InChI=1S/C14H18FNO2/c15-13-8-11(6-7-12(13)14(17)18)16-9-10-4-2-1-3-5-10/h6-8,10,16H,1-5,9H2,(H,17,18). The quantitative estimate of drug-likeness (QED) is 0.860. The predicted molar refractivity (Wildman–Crippen MR) is 68.4 cm³/mol. The fourth-order valence-electron chi connectivity index (χ4n) is 2.45. The topological polar surface area (TPSA) is 49.3 Å². The van der Waals surface area contributed by atoms with Crippen LogP contribution in [0.4, 0.5) is 10.1 Å². The third-order valence-corrected chi connectivity index (χ3v) is 3.52. The molecule has 1 aliphatic rings. The highest BCUT2D eigenvalue weighted by atomic mass is 19.1. The molecule has 0 saturated heterocycles. The second-order valence-corrected chi connectivity index (χ2v) is 4.88. The Hall–Kier alpha value is -1.58. The van der Waals surface area contributed by atoms with Gasteiger partial charge in [0, 0.05) is 12.2 Å². The fourth-order valence-corrected chi connectivity index (χ4v) is 2.45. The summed E-state index contributed by atoms with van der Waals surface area (Å²) in [5, 5.41) is 11.9. The Balaban J connectivity index is 1.93. The summed E-state index contributed by atoms with van der Waals surface area (Å²) in [5.41, 5.74) is 0.376. The molecule has 98 valence electrons. The molecule has 1 aromatic carbocycles. The van der Waals surface area contributed by atoms with Crippen LogP contribution in [0.2, 0.25) is 0 Å². The van der Waals surface area contributed by atoms with Crippen LogP contribution < -0.4 is 5.32 Å². The van der Waals surface area contributed by atoms with E-state index in [0.29, 0.717) is 11.6 Å². The average molecular weight is 251 g/mol. The molecule has 0 spiro atoms. The van der Waals surface area contributed by atoms with Gasteiger partial charge in [0.25, 0.3) is 0 Å². The van der Waals surface area contributed by atoms with Crippen LogP contribution in [-0.2, 0) is 0 Å². The van der Waals surface area contributed by atoms with Crippen LogP contribution in [0.5, 0.6) is 0 Å². The molecule has 0 amide bonds. The molecule has 0 bridgehead atoms. The molecule has 4 heteroatoms. The first-order chi connectivity index (χ1) is 8.66. The molecular weight excluding hydrogens is 233 g/mol. The molecule has 0 aliphatic heterocycles. The average Bonchev–Trinajstić information content (AvgIpc) is 2.37. The van der Waals surface area contributed by atoms with Gasteiger partial charge in [0.2, 0.25) is 0 Å². The Morgan fingerprint density at radius 1 is 1.33 bits per heavy atom. The van der Waals surface area contributed by atoms with Gasteiger partial charge in [0.15, 0.2) is 0 Å². The van der Waals surface area contributed by atoms with Crippen LogP contribution in [-0.4, -0.2) is 17.6 Å². The smallest absolute Gasteiger partial charge is 0.338 e. The van der Waals surface area contributed by atoms with Crippen LogP contribution >= 0.6 is 0 Å². The summed E-state index contributed by atoms with van der Waals surface area (Å²) in [7, 11) is 0. The second kappa shape index (κ2) is 5.85. The van der Waals surface area contributed by atoms with Gasteiger partial charge >= 0.3 is 5.97 Å². The van der Waals surface area contributed by atoms with E-state index >= 15 is 0 Å². The maximum absolute atomic E-state index is 13.4. The third-order valence-electron chi connectivity index (χ3n) is 3.52. The van der Waals surface area contributed by atoms with Gasteiger partial charge in [-0.2, -0.15) is 0 Å². The number of aromatic carboxylic acids is 1. The number of carbonyl (C=O) groups is 1. The van der Waals surface area contributed by atoms with Gasteiger partial charge in [0.1, 0.15) is 5.82 Å². The number of hydrogen-bond acceptors (Lipinski definition) is 2. The monoisotopic (exact) mass is 251 g/mol. The van der Waals surface area contributed by atoms with Crippen LogP contribution in [0, 0.1) is 11.7 Å². The number of nitrogens with one attached hydrogen (secondary N) is 1. The molecule has 3 nitrogen and oxygen atoms in total. The van der Waals surface area contributed by atoms with Gasteiger partial charge in [-0.15, -0.1) is 0 Å². The van der Waals surface area contributed by atoms with E-state index in [1.54, 1.807) is 6.07 Å². The largest absolute Gasteiger partial charge is 0.478 e. The van der Waals surface area contributed by atoms with Gasteiger partial charge in [-0.05, 0) is 37.0 Å². The van der Waals surface area contributed by atoms with Crippen LogP contribution in [0.1, 0.15) is 42.5 Å². The van der Waals surface area contributed by atoms with Crippen molar-refractivity contribution >= 4 is 11.7 Å². The zero-order valence-corrected chi connectivity index (χ0v) is 10.3. The molecule has 2 rings (SSSR count). The normalized spacial score (nSPS) is 16.5. The second-order valence-electron chi connectivity index (χ2n) is 4.88. The first-order valence-corrected chi connectivity index (χ1v) is 6.43. The third kappa shape index (κ3) is 3.22. The Labute approximate surface area is 106 Å². The molecule has 0 heterocycles. The van der Waals surface area contributed by atoms with E-state index < -0.39 is 11.8 Å². The number of anilines is 1. The Kier molecular flexibility index (Phi) is 4.18. The van der Waals surface area contributed by atoms with Crippen molar-refractivity contribution in [3.05, 3.63) is 29.6 Å². The van der Waals surface area contributed by atoms with E-state index in [1.807, 2.05) is 0 Å². The summed E-state index contributed by atoms with van der Waals surface area (Å²) in [4.78, 5) is 10.7. The summed E-state index contributed by atoms with van der Waals surface area (Å²) in [6.45, 7) is 0.839. The zero-order valence-electron chi connectivity index (χ0n) is 10.3. The lowest BCUT2D eigenvalue weighted by Crippen LogP contribution is -2.17. The number of benzene rings is 1. The van der Waals surface area contributed by atoms with Crippen molar-refractivity contribution in [2.75, 3.05) is 11.9 Å².